The van der Waals surface area contributed by atoms with Gasteiger partial charge >= 0.3 is 0 Å². The van der Waals surface area contributed by atoms with Gasteiger partial charge in [0.1, 0.15) is 24.7 Å². The normalized spacial score (nSPS) is 10.2. The summed E-state index contributed by atoms with van der Waals surface area (Å²) >= 11 is 0. The molecular weight excluding hydrogens is 418 g/mol. The number of carbonyl (C=O) groups excluding carboxylic acids is 2. The van der Waals surface area contributed by atoms with Gasteiger partial charge in [0.2, 0.25) is 5.91 Å². The molecule has 0 heterocycles. The summed E-state index contributed by atoms with van der Waals surface area (Å²) in [6, 6.07) is 23.8. The molecule has 3 aromatic carbocycles. The van der Waals surface area contributed by atoms with E-state index >= 15 is 0 Å². The number of hydrogen-bond donors (Lipinski definition) is 3. The third kappa shape index (κ3) is 8.22. The first-order valence-corrected chi connectivity index (χ1v) is 11.0. The summed E-state index contributed by atoms with van der Waals surface area (Å²) in [5.41, 5.74) is 1.99. The summed E-state index contributed by atoms with van der Waals surface area (Å²) in [6.07, 6.45) is 0.887. The Labute approximate surface area is 194 Å². The van der Waals surface area contributed by atoms with Crippen LogP contribution in [0, 0.1) is 0 Å². The molecule has 0 aromatic heterocycles. The van der Waals surface area contributed by atoms with Crippen LogP contribution in [0.2, 0.25) is 0 Å². The fraction of sp³-hybridized carbons (Fsp3) is 0.231. The van der Waals surface area contributed by atoms with Crippen molar-refractivity contribution in [2.75, 3.05) is 36.9 Å². The Balaban J connectivity index is 1.40. The van der Waals surface area contributed by atoms with E-state index in [2.05, 4.69) is 16.0 Å². The SMILES string of the molecule is CCCNC(=O)c1ccc(NCC(=O)Nc2cccc(OCCOc3ccccc3)c2)cc1. The predicted octanol–water partition coefficient (Wildman–Crippen LogP) is 4.33. The third-order valence-electron chi connectivity index (χ3n) is 4.62. The molecule has 172 valence electrons. The second-order valence-corrected chi connectivity index (χ2v) is 7.27. The number of hydrogen-bond acceptors (Lipinski definition) is 5. The van der Waals surface area contributed by atoms with Gasteiger partial charge in [-0.1, -0.05) is 31.2 Å². The van der Waals surface area contributed by atoms with Crippen LogP contribution in [0.5, 0.6) is 11.5 Å². The Bertz CT molecular complexity index is 1020. The van der Waals surface area contributed by atoms with Crippen LogP contribution >= 0.6 is 0 Å². The van der Waals surface area contributed by atoms with Gasteiger partial charge in [-0.3, -0.25) is 9.59 Å². The van der Waals surface area contributed by atoms with Crippen molar-refractivity contribution in [1.82, 2.24) is 5.32 Å². The smallest absolute Gasteiger partial charge is 0.251 e. The maximum atomic E-state index is 12.3. The number of ether oxygens (including phenoxy) is 2. The van der Waals surface area contributed by atoms with Crippen molar-refractivity contribution in [3.05, 3.63) is 84.4 Å². The lowest BCUT2D eigenvalue weighted by molar-refractivity contribution is -0.114. The molecule has 0 radical (unpaired) electrons. The minimum absolute atomic E-state index is 0.0946. The number of carbonyl (C=O) groups is 2. The summed E-state index contributed by atoms with van der Waals surface area (Å²) in [7, 11) is 0. The van der Waals surface area contributed by atoms with E-state index in [4.69, 9.17) is 9.47 Å². The van der Waals surface area contributed by atoms with Crippen molar-refractivity contribution < 1.29 is 19.1 Å². The number of amides is 2. The van der Waals surface area contributed by atoms with E-state index < -0.39 is 0 Å². The molecular formula is C26H29N3O4. The standard InChI is InChI=1S/C26H29N3O4/c1-2-15-27-26(31)20-11-13-21(14-12-20)28-19-25(30)29-22-7-6-10-24(18-22)33-17-16-32-23-8-4-3-5-9-23/h3-14,18,28H,2,15-17,19H2,1H3,(H,27,31)(H,29,30). The molecule has 0 spiro atoms. The number of rotatable bonds is 12. The lowest BCUT2D eigenvalue weighted by atomic mass is 10.2. The first-order valence-electron chi connectivity index (χ1n) is 11.0. The molecule has 2 amide bonds. The molecule has 0 atom stereocenters. The minimum atomic E-state index is -0.190. The van der Waals surface area contributed by atoms with Crippen LogP contribution in [-0.2, 0) is 4.79 Å². The number of para-hydroxylation sites is 1. The highest BCUT2D eigenvalue weighted by atomic mass is 16.5. The van der Waals surface area contributed by atoms with Gasteiger partial charge < -0.3 is 25.4 Å². The number of benzene rings is 3. The van der Waals surface area contributed by atoms with Gasteiger partial charge in [-0.2, -0.15) is 0 Å². The number of anilines is 2. The molecule has 33 heavy (non-hydrogen) atoms. The molecule has 3 aromatic rings. The van der Waals surface area contributed by atoms with Crippen LogP contribution in [0.3, 0.4) is 0 Å². The Kier molecular flexibility index (Phi) is 9.15. The van der Waals surface area contributed by atoms with Crippen LogP contribution in [0.1, 0.15) is 23.7 Å². The van der Waals surface area contributed by atoms with Crippen molar-refractivity contribution >= 4 is 23.2 Å². The van der Waals surface area contributed by atoms with Crippen molar-refractivity contribution in [2.24, 2.45) is 0 Å². The van der Waals surface area contributed by atoms with Gasteiger partial charge in [0, 0.05) is 29.5 Å². The molecule has 3 N–H and O–H groups in total. The Morgan fingerprint density at radius 2 is 1.48 bits per heavy atom. The lowest BCUT2D eigenvalue weighted by Crippen LogP contribution is -2.24. The molecule has 0 bridgehead atoms. The maximum Gasteiger partial charge on any atom is 0.251 e. The quantitative estimate of drug-likeness (QED) is 0.360. The fourth-order valence-electron chi connectivity index (χ4n) is 2.97. The molecule has 0 aliphatic rings. The van der Waals surface area contributed by atoms with Crippen LogP contribution in [0.25, 0.3) is 0 Å². The highest BCUT2D eigenvalue weighted by Crippen LogP contribution is 2.18. The second kappa shape index (κ2) is 12.8. The Morgan fingerprint density at radius 3 is 2.21 bits per heavy atom. The first kappa shape index (κ1) is 23.7. The summed E-state index contributed by atoms with van der Waals surface area (Å²) in [4.78, 5) is 24.3. The van der Waals surface area contributed by atoms with Crippen LogP contribution in [0.15, 0.2) is 78.9 Å². The first-order chi connectivity index (χ1) is 16.1. The molecule has 3 rings (SSSR count). The average molecular weight is 448 g/mol. The fourth-order valence-corrected chi connectivity index (χ4v) is 2.97. The van der Waals surface area contributed by atoms with Crippen LogP contribution < -0.4 is 25.4 Å². The van der Waals surface area contributed by atoms with Gasteiger partial charge in [-0.05, 0) is 55.0 Å². The zero-order valence-electron chi connectivity index (χ0n) is 18.7. The van der Waals surface area contributed by atoms with E-state index in [9.17, 15) is 9.59 Å². The highest BCUT2D eigenvalue weighted by molar-refractivity contribution is 5.95. The molecule has 0 aliphatic carbocycles. The molecule has 7 nitrogen and oxygen atoms in total. The zero-order valence-corrected chi connectivity index (χ0v) is 18.7. The van der Waals surface area contributed by atoms with Crippen LogP contribution in [-0.4, -0.2) is 38.1 Å². The molecule has 0 saturated heterocycles. The van der Waals surface area contributed by atoms with E-state index in [0.717, 1.165) is 17.9 Å². The molecule has 0 fully saturated rings. The summed E-state index contributed by atoms with van der Waals surface area (Å²) in [5.74, 6) is 1.15. The predicted molar refractivity (Wildman–Crippen MR) is 130 cm³/mol. The van der Waals surface area contributed by atoms with Gasteiger partial charge in [-0.15, -0.1) is 0 Å². The lowest BCUT2D eigenvalue weighted by Gasteiger charge is -2.11. The Morgan fingerprint density at radius 1 is 0.788 bits per heavy atom. The number of nitrogens with one attached hydrogen (secondary N) is 3. The third-order valence-corrected chi connectivity index (χ3v) is 4.62. The van der Waals surface area contributed by atoms with Crippen LogP contribution in [0.4, 0.5) is 11.4 Å². The molecule has 0 unspecified atom stereocenters. The topological polar surface area (TPSA) is 88.7 Å². The minimum Gasteiger partial charge on any atom is -0.490 e. The van der Waals surface area contributed by atoms with E-state index in [0.29, 0.717) is 36.8 Å². The average Bonchev–Trinajstić information content (AvgIpc) is 2.85. The molecule has 0 saturated carbocycles. The monoisotopic (exact) mass is 447 g/mol. The van der Waals surface area contributed by atoms with Gasteiger partial charge in [0.05, 0.1) is 6.54 Å². The summed E-state index contributed by atoms with van der Waals surface area (Å²) < 4.78 is 11.3. The van der Waals surface area contributed by atoms with Crippen molar-refractivity contribution in [3.8, 4) is 11.5 Å². The zero-order chi connectivity index (χ0) is 23.3. The van der Waals surface area contributed by atoms with Gasteiger partial charge in [0.25, 0.3) is 5.91 Å². The summed E-state index contributed by atoms with van der Waals surface area (Å²) in [5, 5.41) is 8.73. The summed E-state index contributed by atoms with van der Waals surface area (Å²) in [6.45, 7) is 3.55. The molecule has 0 aliphatic heterocycles. The van der Waals surface area contributed by atoms with E-state index in [1.54, 1.807) is 36.4 Å². The van der Waals surface area contributed by atoms with Gasteiger partial charge in [0.15, 0.2) is 0 Å². The van der Waals surface area contributed by atoms with Crippen molar-refractivity contribution in [3.63, 3.8) is 0 Å². The van der Waals surface area contributed by atoms with Gasteiger partial charge in [-0.25, -0.2) is 0 Å². The second-order valence-electron chi connectivity index (χ2n) is 7.27. The van der Waals surface area contributed by atoms with E-state index in [-0.39, 0.29) is 18.4 Å². The molecule has 7 heteroatoms. The largest absolute Gasteiger partial charge is 0.490 e. The Hall–Kier alpha value is -4.00. The van der Waals surface area contributed by atoms with E-state index in [1.807, 2.05) is 49.4 Å². The van der Waals surface area contributed by atoms with Crippen molar-refractivity contribution in [1.29, 1.82) is 0 Å². The van der Waals surface area contributed by atoms with E-state index in [1.165, 1.54) is 0 Å². The maximum absolute atomic E-state index is 12.3. The highest BCUT2D eigenvalue weighted by Gasteiger charge is 2.06. The van der Waals surface area contributed by atoms with Crippen molar-refractivity contribution in [2.45, 2.75) is 13.3 Å².